The molecule has 1 aliphatic rings. The second kappa shape index (κ2) is 4.03. The number of hydrogen-bond acceptors (Lipinski definition) is 3. The van der Waals surface area contributed by atoms with E-state index in [9.17, 15) is 13.5 Å². The maximum absolute atomic E-state index is 11.8. The molecule has 0 fully saturated rings. The van der Waals surface area contributed by atoms with Crippen LogP contribution in [0.25, 0.3) is 6.08 Å². The molecular weight excluding hydrogens is 224 g/mol. The van der Waals surface area contributed by atoms with Crippen molar-refractivity contribution in [2.75, 3.05) is 5.75 Å². The van der Waals surface area contributed by atoms with Crippen molar-refractivity contribution < 1.29 is 13.5 Å². The van der Waals surface area contributed by atoms with E-state index in [0.717, 1.165) is 5.56 Å². The number of sulfone groups is 1. The first-order valence-electron chi connectivity index (χ1n) is 5.23. The monoisotopic (exact) mass is 238 g/mol. The van der Waals surface area contributed by atoms with Gasteiger partial charge in [-0.2, -0.15) is 0 Å². The van der Waals surface area contributed by atoms with Crippen molar-refractivity contribution in [1.29, 1.82) is 0 Å². The van der Waals surface area contributed by atoms with Crippen LogP contribution in [0.3, 0.4) is 0 Å². The molecule has 0 spiro atoms. The molecule has 2 rings (SSSR count). The molecule has 2 atom stereocenters. The van der Waals surface area contributed by atoms with Crippen LogP contribution < -0.4 is 0 Å². The molecule has 0 amide bonds. The summed E-state index contributed by atoms with van der Waals surface area (Å²) in [6.07, 6.45) is 2.39. The second-order valence-corrected chi connectivity index (χ2v) is 6.30. The zero-order chi connectivity index (χ0) is 11.8. The van der Waals surface area contributed by atoms with Gasteiger partial charge in [-0.05, 0) is 11.1 Å². The highest BCUT2D eigenvalue weighted by atomic mass is 32.2. The first-order chi connectivity index (χ1) is 7.56. The average Bonchev–Trinajstić information content (AvgIpc) is 2.29. The summed E-state index contributed by atoms with van der Waals surface area (Å²) >= 11 is 0. The lowest BCUT2D eigenvalue weighted by molar-refractivity contribution is 0.182. The molecule has 0 aromatic heterocycles. The third-order valence-corrected chi connectivity index (χ3v) is 4.96. The van der Waals surface area contributed by atoms with Crippen LogP contribution in [-0.2, 0) is 9.84 Å². The third kappa shape index (κ3) is 1.79. The number of rotatable bonds is 2. The largest absolute Gasteiger partial charge is 0.387 e. The fourth-order valence-electron chi connectivity index (χ4n) is 1.92. The summed E-state index contributed by atoms with van der Waals surface area (Å²) in [7, 11) is -3.25. The molecule has 1 N–H and O–H groups in total. The first-order valence-corrected chi connectivity index (χ1v) is 6.94. The zero-order valence-corrected chi connectivity index (χ0v) is 9.81. The van der Waals surface area contributed by atoms with Gasteiger partial charge in [0.25, 0.3) is 0 Å². The van der Waals surface area contributed by atoms with Crippen LogP contribution in [0.1, 0.15) is 24.2 Å². The standard InChI is InChI=1S/C12H14O3S/c1-2-16(14,15)11-8-7-9-5-3-4-6-10(9)12(11)13/h3-8,11-13H,2H2,1H3/t11-,12+/m0/s1. The van der Waals surface area contributed by atoms with Crippen LogP contribution >= 0.6 is 0 Å². The van der Waals surface area contributed by atoms with Gasteiger partial charge in [-0.3, -0.25) is 0 Å². The highest BCUT2D eigenvalue weighted by molar-refractivity contribution is 7.92. The zero-order valence-electron chi connectivity index (χ0n) is 9.00. The normalized spacial score (nSPS) is 24.1. The molecule has 16 heavy (non-hydrogen) atoms. The lowest BCUT2D eigenvalue weighted by atomic mass is 9.95. The molecule has 0 aliphatic heterocycles. The van der Waals surface area contributed by atoms with E-state index >= 15 is 0 Å². The summed E-state index contributed by atoms with van der Waals surface area (Å²) in [6, 6.07) is 7.30. The summed E-state index contributed by atoms with van der Waals surface area (Å²) in [6.45, 7) is 1.59. The lowest BCUT2D eigenvalue weighted by Crippen LogP contribution is -2.30. The van der Waals surface area contributed by atoms with Crippen LogP contribution in [0.4, 0.5) is 0 Å². The molecule has 1 aromatic carbocycles. The van der Waals surface area contributed by atoms with E-state index in [4.69, 9.17) is 0 Å². The van der Waals surface area contributed by atoms with Crippen molar-refractivity contribution in [1.82, 2.24) is 0 Å². The van der Waals surface area contributed by atoms with Crippen molar-refractivity contribution in [3.05, 3.63) is 41.5 Å². The van der Waals surface area contributed by atoms with Crippen molar-refractivity contribution in [2.45, 2.75) is 18.3 Å². The Morgan fingerprint density at radius 3 is 2.69 bits per heavy atom. The second-order valence-electron chi connectivity index (χ2n) is 3.85. The van der Waals surface area contributed by atoms with Crippen LogP contribution in [0, 0.1) is 0 Å². The molecule has 0 bridgehead atoms. The smallest absolute Gasteiger partial charge is 0.159 e. The van der Waals surface area contributed by atoms with Gasteiger partial charge < -0.3 is 5.11 Å². The van der Waals surface area contributed by atoms with E-state index < -0.39 is 21.2 Å². The minimum atomic E-state index is -3.25. The van der Waals surface area contributed by atoms with Crippen LogP contribution in [0.2, 0.25) is 0 Å². The van der Waals surface area contributed by atoms with Crippen molar-refractivity contribution >= 4 is 15.9 Å². The first kappa shape index (κ1) is 11.4. The average molecular weight is 238 g/mol. The van der Waals surface area contributed by atoms with Crippen LogP contribution in [0.5, 0.6) is 0 Å². The summed E-state index contributed by atoms with van der Waals surface area (Å²) in [5.74, 6) is 0.0429. The SMILES string of the molecule is CCS(=O)(=O)[C@H]1C=Cc2ccccc2[C@H]1O. The van der Waals surface area contributed by atoms with Crippen molar-refractivity contribution in [3.8, 4) is 0 Å². The van der Waals surface area contributed by atoms with Crippen LogP contribution in [-0.4, -0.2) is 24.5 Å². The Morgan fingerprint density at radius 2 is 2.00 bits per heavy atom. The summed E-state index contributed by atoms with van der Waals surface area (Å²) in [5, 5.41) is 9.24. The molecule has 3 nitrogen and oxygen atoms in total. The van der Waals surface area contributed by atoms with Crippen molar-refractivity contribution in [3.63, 3.8) is 0 Å². The lowest BCUT2D eigenvalue weighted by Gasteiger charge is -2.25. The molecule has 4 heteroatoms. The molecular formula is C12H14O3S. The molecule has 0 unspecified atom stereocenters. The number of aliphatic hydroxyl groups is 1. The summed E-state index contributed by atoms with van der Waals surface area (Å²) in [5.41, 5.74) is 1.57. The van der Waals surface area contributed by atoms with Gasteiger partial charge >= 0.3 is 0 Å². The number of benzene rings is 1. The van der Waals surface area contributed by atoms with E-state index in [0.29, 0.717) is 5.56 Å². The summed E-state index contributed by atoms with van der Waals surface area (Å²) in [4.78, 5) is 0. The van der Waals surface area contributed by atoms with E-state index in [-0.39, 0.29) is 5.75 Å². The van der Waals surface area contributed by atoms with Crippen molar-refractivity contribution in [2.24, 2.45) is 0 Å². The van der Waals surface area contributed by atoms with E-state index in [1.54, 1.807) is 31.2 Å². The number of hydrogen-bond donors (Lipinski definition) is 1. The number of aliphatic hydroxyl groups excluding tert-OH is 1. The molecule has 1 aromatic rings. The van der Waals surface area contributed by atoms with Gasteiger partial charge in [0.1, 0.15) is 5.25 Å². The Hall–Kier alpha value is -1.13. The number of fused-ring (bicyclic) bond motifs is 1. The van der Waals surface area contributed by atoms with E-state index in [2.05, 4.69) is 0 Å². The fraction of sp³-hybridized carbons (Fsp3) is 0.333. The quantitative estimate of drug-likeness (QED) is 0.850. The van der Waals surface area contributed by atoms with Gasteiger partial charge in [0.15, 0.2) is 9.84 Å². The Bertz CT molecular complexity index is 517. The maximum Gasteiger partial charge on any atom is 0.159 e. The van der Waals surface area contributed by atoms with Crippen LogP contribution in [0.15, 0.2) is 30.3 Å². The van der Waals surface area contributed by atoms with Gasteiger partial charge in [0, 0.05) is 5.75 Å². The molecule has 0 saturated carbocycles. The Labute approximate surface area is 95.3 Å². The minimum absolute atomic E-state index is 0.0429. The molecule has 0 radical (unpaired) electrons. The Balaban J connectivity index is 2.46. The van der Waals surface area contributed by atoms with Gasteiger partial charge in [0.05, 0.1) is 6.10 Å². The third-order valence-electron chi connectivity index (χ3n) is 2.91. The highest BCUT2D eigenvalue weighted by Crippen LogP contribution is 2.31. The fourth-order valence-corrected chi connectivity index (χ4v) is 3.16. The van der Waals surface area contributed by atoms with Gasteiger partial charge in [-0.1, -0.05) is 43.3 Å². The molecule has 0 saturated heterocycles. The van der Waals surface area contributed by atoms with Gasteiger partial charge in [-0.25, -0.2) is 8.42 Å². The van der Waals surface area contributed by atoms with E-state index in [1.165, 1.54) is 0 Å². The Kier molecular flexibility index (Phi) is 2.86. The minimum Gasteiger partial charge on any atom is -0.387 e. The molecule has 1 aliphatic carbocycles. The predicted octanol–water partition coefficient (Wildman–Crippen LogP) is 1.55. The predicted molar refractivity (Wildman–Crippen MR) is 63.7 cm³/mol. The molecule has 86 valence electrons. The topological polar surface area (TPSA) is 54.4 Å². The summed E-state index contributed by atoms with van der Waals surface area (Å²) < 4.78 is 23.5. The maximum atomic E-state index is 11.8. The Morgan fingerprint density at radius 1 is 1.31 bits per heavy atom. The van der Waals surface area contributed by atoms with Gasteiger partial charge in [0.2, 0.25) is 0 Å². The molecule has 0 heterocycles. The highest BCUT2D eigenvalue weighted by Gasteiger charge is 2.32. The van der Waals surface area contributed by atoms with E-state index in [1.807, 2.05) is 12.1 Å². The van der Waals surface area contributed by atoms with Gasteiger partial charge in [-0.15, -0.1) is 0 Å².